The number of ether oxygens (including phenoxy) is 2. The van der Waals surface area contributed by atoms with Crippen molar-refractivity contribution in [3.8, 4) is 18.2 Å². The number of rotatable bonds is 20. The number of nitrogens with zero attached hydrogens (tertiary/aromatic N) is 18. The topological polar surface area (TPSA) is 279 Å². The predicted octanol–water partition coefficient (Wildman–Crippen LogP) is 7.78. The van der Waals surface area contributed by atoms with Crippen LogP contribution in [-0.4, -0.2) is 294 Å². The number of aromatic nitrogens is 6. The van der Waals surface area contributed by atoms with Crippen molar-refractivity contribution in [1.82, 2.24) is 75.5 Å². The number of carbonyl (C=O) groups is 2. The lowest BCUT2D eigenvalue weighted by Gasteiger charge is -2.51. The maximum absolute atomic E-state index is 10.7. The molecule has 8 fully saturated rings. The van der Waals surface area contributed by atoms with Gasteiger partial charge in [-0.15, -0.1) is 0 Å². The number of carbonyl (C=O) groups excluding carboxylic acids is 2. The van der Waals surface area contributed by atoms with E-state index in [9.17, 15) is 25.4 Å². The maximum atomic E-state index is 10.7. The Kier molecular flexibility index (Phi) is 29.7. The Labute approximate surface area is 709 Å². The average molecular weight is 1630 g/mol. The molecule has 118 heavy (non-hydrogen) atoms. The van der Waals surface area contributed by atoms with Gasteiger partial charge in [0.2, 0.25) is 0 Å². The SMILES string of the molecule is CCCc1ccc(Cl)nc1.CO[C@@H]1CNC[C@H]1N[B]C=O.[2H]c1ccc2c(N3C[C@@H]4CN(CCc5ccc(Cl)nc5)CCN4[C@H](C)C3)ccc(C#N)c2n1.[2H]c1ccc2c(N3C[C@@H]4CN(CCc5ccc(N6C[C@@H](N[B]C=O)[C@H](OC)C6)nc5)CCN4[C@H](C)C3)ccc(C#N)c2n1.[2H]c1ccc2c(N3C[C@@H]4CNCCN4[C@H](C)C3)ccc(C#N)c2n1. The molecule has 10 atom stereocenters. The summed E-state index contributed by atoms with van der Waals surface area (Å²) < 4.78 is 34.4. The largest absolute Gasteiger partial charge is 0.378 e. The van der Waals surface area contributed by atoms with Crippen molar-refractivity contribution in [1.29, 1.82) is 15.8 Å². The fourth-order valence-electron chi connectivity index (χ4n) is 18.0. The molecule has 6 aromatic heterocycles. The first-order valence-corrected chi connectivity index (χ1v) is 41.9. The van der Waals surface area contributed by atoms with Gasteiger partial charge in [0.25, 0.3) is 14.8 Å². The van der Waals surface area contributed by atoms with Gasteiger partial charge in [-0.3, -0.25) is 29.7 Å². The van der Waals surface area contributed by atoms with E-state index in [1.165, 1.54) is 31.5 Å². The van der Waals surface area contributed by atoms with Gasteiger partial charge in [-0.25, -0.2) is 15.0 Å². The molecule has 0 amide bonds. The monoisotopic (exact) mass is 1630 g/mol. The molecule has 2 radical (unpaired) electrons. The third kappa shape index (κ3) is 21.6. The van der Waals surface area contributed by atoms with E-state index in [-0.39, 0.29) is 42.8 Å². The molecule has 8 saturated heterocycles. The first-order chi connectivity index (χ1) is 58.9. The first kappa shape index (κ1) is 82.3. The Morgan fingerprint density at radius 2 is 0.932 bits per heavy atom. The number of halogens is 2. The second-order valence-electron chi connectivity index (χ2n) is 31.5. The molecular formula is C88H108B2Cl2N22O4. The number of hydrogen-bond acceptors (Lipinski definition) is 26. The Bertz CT molecular complexity index is 5100. The van der Waals surface area contributed by atoms with E-state index >= 15 is 0 Å². The lowest BCUT2D eigenvalue weighted by molar-refractivity contribution is 0.0356. The summed E-state index contributed by atoms with van der Waals surface area (Å²) >= 11 is 11.5. The number of nitriles is 3. The van der Waals surface area contributed by atoms with Crippen molar-refractivity contribution in [2.75, 3.05) is 171 Å². The number of nitrogens with one attached hydrogen (secondary N) is 4. The van der Waals surface area contributed by atoms with Crippen LogP contribution >= 0.6 is 23.2 Å². The minimum Gasteiger partial charge on any atom is -0.378 e. The van der Waals surface area contributed by atoms with Crippen LogP contribution in [0.1, 0.15) is 71.6 Å². The highest BCUT2D eigenvalue weighted by atomic mass is 35.5. The molecule has 0 saturated carbocycles. The number of anilines is 4. The van der Waals surface area contributed by atoms with Gasteiger partial charge in [0.05, 0.1) is 61.9 Å². The van der Waals surface area contributed by atoms with Crippen molar-refractivity contribution < 1.29 is 23.2 Å². The number of aryl methyl sites for hydroxylation is 1. The molecule has 0 aliphatic carbocycles. The van der Waals surface area contributed by atoms with Gasteiger partial charge in [0, 0.05) is 270 Å². The van der Waals surface area contributed by atoms with E-state index in [4.69, 9.17) is 41.8 Å². The smallest absolute Gasteiger partial charge is 0.290 e. The molecule has 0 spiro atoms. The maximum Gasteiger partial charge on any atom is 0.290 e. The van der Waals surface area contributed by atoms with Gasteiger partial charge in [-0.1, -0.05) is 54.7 Å². The molecule has 8 aliphatic rings. The van der Waals surface area contributed by atoms with Gasteiger partial charge in [0.15, 0.2) is 0 Å². The number of fused-ring (bicyclic) bond motifs is 6. The van der Waals surface area contributed by atoms with Gasteiger partial charge in [0.1, 0.15) is 34.3 Å². The molecule has 614 valence electrons. The summed E-state index contributed by atoms with van der Waals surface area (Å²) in [6.45, 7) is 29.4. The normalized spacial score (nSPS) is 23.7. The van der Waals surface area contributed by atoms with Crippen LogP contribution in [0.2, 0.25) is 10.3 Å². The minimum atomic E-state index is -0.00169. The molecule has 8 aliphatic heterocycles. The summed E-state index contributed by atoms with van der Waals surface area (Å²) in [7, 11) is 6.21. The zero-order valence-electron chi connectivity index (χ0n) is 71.3. The van der Waals surface area contributed by atoms with Crippen LogP contribution in [0.5, 0.6) is 0 Å². The molecule has 9 aromatic rings. The summed E-state index contributed by atoms with van der Waals surface area (Å²) in [5.74, 6) is 0.926. The lowest BCUT2D eigenvalue weighted by atomic mass is 9.96. The third-order valence-electron chi connectivity index (χ3n) is 24.0. The number of piperazine rings is 6. The molecule has 0 unspecified atom stereocenters. The molecule has 14 heterocycles. The number of benzene rings is 3. The second kappa shape index (κ2) is 42.5. The van der Waals surface area contributed by atoms with Crippen molar-refractivity contribution in [3.63, 3.8) is 0 Å². The van der Waals surface area contributed by atoms with E-state index < -0.39 is 0 Å². The molecule has 30 heteroatoms. The van der Waals surface area contributed by atoms with E-state index in [0.717, 1.165) is 215 Å². The van der Waals surface area contributed by atoms with E-state index in [0.29, 0.717) is 79.8 Å². The molecule has 17 rings (SSSR count). The van der Waals surface area contributed by atoms with E-state index in [2.05, 4.69) is 154 Å². The molecular weight excluding hydrogens is 1520 g/mol. The fourth-order valence-corrected chi connectivity index (χ4v) is 18.2. The highest BCUT2D eigenvalue weighted by molar-refractivity contribution is 6.64. The van der Waals surface area contributed by atoms with Gasteiger partial charge >= 0.3 is 0 Å². The standard InChI is InChI=1S/C31H38BN8O2.C25H27ClN6.C18H21N5.C8H10ClN.C6H12BN2O2/c1-22-16-38(28-7-6-24(14-33)31-26(28)4-3-10-34-31)18-25-17-37(12-13-40(22)25)11-9-23-5-8-30(35-15-23)39-19-27(36-32-21-41)29(20-39)42-2;1-18-15-31(23-6-5-20(13-27)25-22(23)3-2-9-28-25)17-21-16-30(11-12-32(18)21)10-8-19-4-7-24(26)29-14-19;1-13-11-22(12-15-10-20-7-8-23(13)15)17-5-4-14(9-19)18-16(17)3-2-6-21-18;1-2-3-7-4-5-8(9)10-6-7;1-11-6-3-8-2-5(6)9-7-4-10/h3-8,10,15,21-22,25,27,29,36H,9,11-13,16-20H2,1-2H3;2-7,9,14,18,21H,8,10-12,15-17H2,1H3;2-6,13,15,20H,7-8,10-12H2,1H3;4-6H,2-3H2,1H3;4-6,8-9H,2-3H2,1H3/t22-,25+,27-,29-;18-,21+;13-,15+;;5-,6-/m111.1/s1/i10D;9D;6D;;. The van der Waals surface area contributed by atoms with Crippen LogP contribution in [0.25, 0.3) is 32.7 Å². The summed E-state index contributed by atoms with van der Waals surface area (Å²) in [6.07, 6.45) is 12.1. The van der Waals surface area contributed by atoms with Crippen molar-refractivity contribution in [3.05, 3.63) is 190 Å². The minimum absolute atomic E-state index is 0.00169. The summed E-state index contributed by atoms with van der Waals surface area (Å²) in [5, 5.41) is 45.2. The van der Waals surface area contributed by atoms with E-state index in [1.807, 2.05) is 91.4 Å². The zero-order chi connectivity index (χ0) is 85.1. The Hall–Kier alpha value is -9.38. The molecule has 3 aromatic carbocycles. The summed E-state index contributed by atoms with van der Waals surface area (Å²) in [6, 6.07) is 44.3. The average Bonchev–Trinajstić information content (AvgIpc) is 1.52. The van der Waals surface area contributed by atoms with Crippen molar-refractivity contribution >= 4 is 106 Å². The molecule has 4 N–H and O–H groups in total. The molecule has 26 nitrogen and oxygen atoms in total. The van der Waals surface area contributed by atoms with Crippen molar-refractivity contribution in [2.45, 2.75) is 114 Å². The van der Waals surface area contributed by atoms with Crippen LogP contribution in [0.3, 0.4) is 0 Å². The van der Waals surface area contributed by atoms with Crippen LogP contribution in [0.4, 0.5) is 22.9 Å². The lowest BCUT2D eigenvalue weighted by Crippen LogP contribution is -2.65. The predicted molar refractivity (Wildman–Crippen MR) is 471 cm³/mol. The Balaban J connectivity index is 0.000000143. The highest BCUT2D eigenvalue weighted by Crippen LogP contribution is 2.36. The summed E-state index contributed by atoms with van der Waals surface area (Å²) in [4.78, 5) is 69.2. The third-order valence-corrected chi connectivity index (χ3v) is 24.5. The number of pyridine rings is 6. The summed E-state index contributed by atoms with van der Waals surface area (Å²) in [5.41, 5.74) is 10.5. The fraction of sp³-hybridized carbons (Fsp3) is 0.466. The van der Waals surface area contributed by atoms with Crippen LogP contribution < -0.4 is 40.7 Å². The van der Waals surface area contributed by atoms with Crippen LogP contribution in [0.15, 0.2) is 146 Å². The highest BCUT2D eigenvalue weighted by Gasteiger charge is 2.40. The Morgan fingerprint density at radius 1 is 0.483 bits per heavy atom. The second-order valence-corrected chi connectivity index (χ2v) is 32.3. The first-order valence-electron chi connectivity index (χ1n) is 42.7. The van der Waals surface area contributed by atoms with Crippen molar-refractivity contribution in [2.24, 2.45) is 0 Å². The Morgan fingerprint density at radius 3 is 1.36 bits per heavy atom. The van der Waals surface area contributed by atoms with E-state index in [1.54, 1.807) is 32.4 Å². The van der Waals surface area contributed by atoms with Gasteiger partial charge < -0.3 is 69.6 Å². The number of hydrogen-bond donors (Lipinski definition) is 4. The zero-order valence-corrected chi connectivity index (χ0v) is 69.8. The quantitative estimate of drug-likeness (QED) is 0.0322. The number of methoxy groups -OCH3 is 2. The van der Waals surface area contributed by atoms with Crippen LogP contribution in [-0.2, 0) is 38.3 Å². The van der Waals surface area contributed by atoms with Gasteiger partial charge in [-0.2, -0.15) is 15.8 Å². The molecule has 0 bridgehead atoms. The van der Waals surface area contributed by atoms with Crippen LogP contribution in [0, 0.1) is 34.0 Å². The van der Waals surface area contributed by atoms with Gasteiger partial charge in [-0.05, 0) is 148 Å².